The lowest BCUT2D eigenvalue weighted by atomic mass is 10.3. The molecule has 0 fully saturated rings. The first-order valence-electron chi connectivity index (χ1n) is 5.70. The molecule has 0 aliphatic carbocycles. The number of benzene rings is 1. The summed E-state index contributed by atoms with van der Waals surface area (Å²) in [6.45, 7) is 4.00. The zero-order chi connectivity index (χ0) is 13.0. The minimum absolute atomic E-state index is 0.151. The predicted octanol–water partition coefficient (Wildman–Crippen LogP) is 1.89. The van der Waals surface area contributed by atoms with Crippen molar-refractivity contribution in [3.8, 4) is 0 Å². The topological polar surface area (TPSA) is 46.9 Å². The highest BCUT2D eigenvalue weighted by Gasteiger charge is 2.04. The van der Waals surface area contributed by atoms with Gasteiger partial charge in [0.2, 0.25) is 5.91 Å². The summed E-state index contributed by atoms with van der Waals surface area (Å²) in [4.78, 5) is 15.9. The number of aromatic nitrogens is 2. The summed E-state index contributed by atoms with van der Waals surface area (Å²) in [5.41, 5.74) is 1.97. The minimum atomic E-state index is -0.151. The van der Waals surface area contributed by atoms with E-state index in [9.17, 15) is 4.79 Å². The first-order chi connectivity index (χ1) is 8.72. The van der Waals surface area contributed by atoms with Gasteiger partial charge in [0.05, 0.1) is 11.0 Å². The highest BCUT2D eigenvalue weighted by atomic mass is 16.1. The fourth-order valence-corrected chi connectivity index (χ4v) is 1.70. The Morgan fingerprint density at radius 1 is 1.50 bits per heavy atom. The molecule has 4 nitrogen and oxygen atoms in total. The van der Waals surface area contributed by atoms with Gasteiger partial charge in [0.25, 0.3) is 0 Å². The van der Waals surface area contributed by atoms with E-state index in [1.54, 1.807) is 12.2 Å². The molecule has 92 valence electrons. The number of carbonyl (C=O) groups is 1. The predicted molar refractivity (Wildman–Crippen MR) is 73.0 cm³/mol. The first kappa shape index (κ1) is 12.1. The van der Waals surface area contributed by atoms with Crippen LogP contribution in [0.2, 0.25) is 0 Å². The molecule has 1 heterocycles. The molecule has 0 aliphatic heterocycles. The van der Waals surface area contributed by atoms with E-state index in [2.05, 4.69) is 16.9 Å². The highest BCUT2D eigenvalue weighted by molar-refractivity contribution is 5.92. The van der Waals surface area contributed by atoms with Gasteiger partial charge in [-0.3, -0.25) is 4.79 Å². The second-order valence-electron chi connectivity index (χ2n) is 3.88. The second kappa shape index (κ2) is 5.31. The van der Waals surface area contributed by atoms with Gasteiger partial charge in [-0.25, -0.2) is 4.98 Å². The molecule has 0 saturated heterocycles. The van der Waals surface area contributed by atoms with Crippen molar-refractivity contribution in [3.05, 3.63) is 48.8 Å². The normalized spacial score (nSPS) is 10.9. The van der Waals surface area contributed by atoms with Crippen LogP contribution in [0.4, 0.5) is 0 Å². The molecule has 1 aromatic heterocycles. The van der Waals surface area contributed by atoms with E-state index >= 15 is 0 Å². The number of amides is 1. The van der Waals surface area contributed by atoms with Crippen molar-refractivity contribution in [2.45, 2.75) is 0 Å². The van der Waals surface area contributed by atoms with Gasteiger partial charge in [-0.05, 0) is 18.2 Å². The molecule has 0 radical (unpaired) electrons. The van der Waals surface area contributed by atoms with Gasteiger partial charge in [-0.1, -0.05) is 18.2 Å². The quantitative estimate of drug-likeness (QED) is 0.656. The molecule has 0 bridgehead atoms. The standard InChI is InChI=1S/C14H15N3O/c1-3-10-15-14(18)9-8-13-16-11-6-4-5-7-12(11)17(13)2/h3-9H,1,10H2,2H3,(H,15,18)/b9-8+. The van der Waals surface area contributed by atoms with Gasteiger partial charge < -0.3 is 9.88 Å². The summed E-state index contributed by atoms with van der Waals surface area (Å²) in [6, 6.07) is 7.86. The largest absolute Gasteiger partial charge is 0.349 e. The Morgan fingerprint density at radius 3 is 3.00 bits per heavy atom. The van der Waals surface area contributed by atoms with Gasteiger partial charge in [0, 0.05) is 19.7 Å². The number of aryl methyl sites for hydroxylation is 1. The van der Waals surface area contributed by atoms with Crippen LogP contribution in [0.25, 0.3) is 17.1 Å². The van der Waals surface area contributed by atoms with Crippen LogP contribution < -0.4 is 5.32 Å². The molecule has 1 N–H and O–H groups in total. The number of nitrogens with one attached hydrogen (secondary N) is 1. The molecule has 1 amide bonds. The van der Waals surface area contributed by atoms with E-state index in [-0.39, 0.29) is 5.91 Å². The van der Waals surface area contributed by atoms with Crippen molar-refractivity contribution >= 4 is 23.0 Å². The number of carbonyl (C=O) groups excluding carboxylic acids is 1. The molecule has 0 spiro atoms. The molecule has 18 heavy (non-hydrogen) atoms. The van der Waals surface area contributed by atoms with Crippen molar-refractivity contribution in [1.82, 2.24) is 14.9 Å². The summed E-state index contributed by atoms with van der Waals surface area (Å²) >= 11 is 0. The lowest BCUT2D eigenvalue weighted by Crippen LogP contribution is -2.20. The van der Waals surface area contributed by atoms with Crippen LogP contribution >= 0.6 is 0 Å². The van der Waals surface area contributed by atoms with E-state index < -0.39 is 0 Å². The third-order valence-electron chi connectivity index (χ3n) is 2.63. The van der Waals surface area contributed by atoms with Crippen molar-refractivity contribution in [1.29, 1.82) is 0 Å². The molecule has 0 aliphatic rings. The minimum Gasteiger partial charge on any atom is -0.349 e. The molecule has 1 aromatic carbocycles. The smallest absolute Gasteiger partial charge is 0.244 e. The fraction of sp³-hybridized carbons (Fsp3) is 0.143. The van der Waals surface area contributed by atoms with E-state index in [0.717, 1.165) is 16.9 Å². The van der Waals surface area contributed by atoms with E-state index in [1.807, 2.05) is 35.9 Å². The SMILES string of the molecule is C=CCNC(=O)/C=C/c1nc2ccccc2n1C. The Kier molecular flexibility index (Phi) is 3.57. The summed E-state index contributed by atoms with van der Waals surface area (Å²) < 4.78 is 1.95. The Bertz CT molecular complexity index is 611. The molecule has 4 heteroatoms. The average Bonchev–Trinajstić information content (AvgIpc) is 2.71. The number of fused-ring (bicyclic) bond motifs is 1. The molecule has 0 unspecified atom stereocenters. The number of hydrogen-bond donors (Lipinski definition) is 1. The summed E-state index contributed by atoms with van der Waals surface area (Å²) in [5.74, 6) is 0.604. The zero-order valence-electron chi connectivity index (χ0n) is 10.3. The van der Waals surface area contributed by atoms with Crippen LogP contribution in [-0.2, 0) is 11.8 Å². The van der Waals surface area contributed by atoms with Gasteiger partial charge in [-0.2, -0.15) is 0 Å². The molecule has 2 rings (SSSR count). The second-order valence-corrected chi connectivity index (χ2v) is 3.88. The highest BCUT2D eigenvalue weighted by Crippen LogP contribution is 2.14. The Labute approximate surface area is 106 Å². The van der Waals surface area contributed by atoms with Gasteiger partial charge in [0.1, 0.15) is 5.82 Å². The number of imidazole rings is 1. The van der Waals surface area contributed by atoms with E-state index in [1.165, 1.54) is 6.08 Å². The van der Waals surface area contributed by atoms with Crippen LogP contribution in [0.15, 0.2) is 43.0 Å². The van der Waals surface area contributed by atoms with Crippen molar-refractivity contribution in [2.75, 3.05) is 6.54 Å². The van der Waals surface area contributed by atoms with Gasteiger partial charge in [-0.15, -0.1) is 6.58 Å². The average molecular weight is 241 g/mol. The third kappa shape index (κ3) is 2.48. The Balaban J connectivity index is 2.21. The lowest BCUT2D eigenvalue weighted by molar-refractivity contribution is -0.116. The van der Waals surface area contributed by atoms with Crippen molar-refractivity contribution < 1.29 is 4.79 Å². The Morgan fingerprint density at radius 2 is 2.28 bits per heavy atom. The number of rotatable bonds is 4. The first-order valence-corrected chi connectivity index (χ1v) is 5.70. The van der Waals surface area contributed by atoms with Gasteiger partial charge >= 0.3 is 0 Å². The van der Waals surface area contributed by atoms with Crippen LogP contribution in [-0.4, -0.2) is 22.0 Å². The molecule has 0 saturated carbocycles. The molecule has 2 aromatic rings. The zero-order valence-corrected chi connectivity index (χ0v) is 10.3. The van der Waals surface area contributed by atoms with Crippen molar-refractivity contribution in [2.24, 2.45) is 7.05 Å². The van der Waals surface area contributed by atoms with Crippen molar-refractivity contribution in [3.63, 3.8) is 0 Å². The van der Waals surface area contributed by atoms with E-state index in [0.29, 0.717) is 6.54 Å². The van der Waals surface area contributed by atoms with Crippen LogP contribution in [0.3, 0.4) is 0 Å². The third-order valence-corrected chi connectivity index (χ3v) is 2.63. The maximum absolute atomic E-state index is 11.4. The number of nitrogens with zero attached hydrogens (tertiary/aromatic N) is 2. The number of hydrogen-bond acceptors (Lipinski definition) is 2. The maximum atomic E-state index is 11.4. The fourth-order valence-electron chi connectivity index (χ4n) is 1.70. The summed E-state index contributed by atoms with van der Waals surface area (Å²) in [6.07, 6.45) is 4.82. The van der Waals surface area contributed by atoms with E-state index in [4.69, 9.17) is 0 Å². The lowest BCUT2D eigenvalue weighted by Gasteiger charge is -1.97. The molecule has 0 atom stereocenters. The number of para-hydroxylation sites is 2. The molecular weight excluding hydrogens is 226 g/mol. The summed E-state index contributed by atoms with van der Waals surface area (Å²) in [5, 5.41) is 2.67. The monoisotopic (exact) mass is 241 g/mol. The Hall–Kier alpha value is -2.36. The van der Waals surface area contributed by atoms with Crippen LogP contribution in [0.5, 0.6) is 0 Å². The molecular formula is C14H15N3O. The maximum Gasteiger partial charge on any atom is 0.244 e. The summed E-state index contributed by atoms with van der Waals surface area (Å²) in [7, 11) is 1.93. The van der Waals surface area contributed by atoms with Crippen LogP contribution in [0, 0.1) is 0 Å². The van der Waals surface area contributed by atoms with Crippen LogP contribution in [0.1, 0.15) is 5.82 Å². The van der Waals surface area contributed by atoms with Gasteiger partial charge in [0.15, 0.2) is 0 Å².